The molecule has 1 heterocycles. The van der Waals surface area contributed by atoms with Gasteiger partial charge < -0.3 is 9.88 Å². The zero-order chi connectivity index (χ0) is 19.2. The van der Waals surface area contributed by atoms with Crippen LogP contribution < -0.4 is 5.32 Å². The predicted octanol–water partition coefficient (Wildman–Crippen LogP) is 4.43. The van der Waals surface area contributed by atoms with Crippen LogP contribution in [0.5, 0.6) is 0 Å². The fourth-order valence-electron chi connectivity index (χ4n) is 3.19. The van der Waals surface area contributed by atoms with E-state index in [-0.39, 0.29) is 24.5 Å². The number of hydrogen-bond acceptors (Lipinski definition) is 2. The van der Waals surface area contributed by atoms with Gasteiger partial charge in [-0.05, 0) is 55.0 Å². The molecular formula is C23H26N2O2. The third-order valence-electron chi connectivity index (χ3n) is 4.99. The smallest absolute Gasteiger partial charge is 0.220 e. The van der Waals surface area contributed by atoms with Crippen LogP contribution in [-0.4, -0.2) is 22.8 Å². The Kier molecular flexibility index (Phi) is 6.07. The Morgan fingerprint density at radius 3 is 2.59 bits per heavy atom. The minimum atomic E-state index is -0.0652. The van der Waals surface area contributed by atoms with E-state index in [1.165, 1.54) is 16.5 Å². The zero-order valence-corrected chi connectivity index (χ0v) is 16.0. The van der Waals surface area contributed by atoms with Gasteiger partial charge in [-0.25, -0.2) is 0 Å². The summed E-state index contributed by atoms with van der Waals surface area (Å²) < 4.78 is 2.20. The van der Waals surface area contributed by atoms with Crippen molar-refractivity contribution in [3.05, 3.63) is 71.4 Å². The summed E-state index contributed by atoms with van der Waals surface area (Å²) in [5.74, 6) is -0.0448. The second-order valence-corrected chi connectivity index (χ2v) is 6.99. The first-order chi connectivity index (χ1) is 13.0. The van der Waals surface area contributed by atoms with Gasteiger partial charge in [0.15, 0.2) is 5.78 Å². The van der Waals surface area contributed by atoms with Crippen LogP contribution in [-0.2, 0) is 11.3 Å². The van der Waals surface area contributed by atoms with Crippen LogP contribution in [0.4, 0.5) is 0 Å². The van der Waals surface area contributed by atoms with Crippen molar-refractivity contribution in [1.29, 1.82) is 0 Å². The SMILES string of the molecule is Cc1ccc(C(=O)CCC(=O)NCCCn2ccc3ccccc32)cc1C. The molecule has 1 amide bonds. The number of nitrogens with one attached hydrogen (secondary N) is 1. The fourth-order valence-corrected chi connectivity index (χ4v) is 3.19. The number of para-hydroxylation sites is 1. The molecule has 0 unspecified atom stereocenters. The molecule has 0 saturated heterocycles. The number of carbonyl (C=O) groups is 2. The number of ketones is 1. The summed E-state index contributed by atoms with van der Waals surface area (Å²) >= 11 is 0. The summed E-state index contributed by atoms with van der Waals surface area (Å²) in [4.78, 5) is 24.2. The second-order valence-electron chi connectivity index (χ2n) is 6.99. The van der Waals surface area contributed by atoms with E-state index in [2.05, 4.69) is 34.3 Å². The maximum absolute atomic E-state index is 12.2. The molecule has 2 aromatic carbocycles. The first kappa shape index (κ1) is 18.9. The minimum absolute atomic E-state index is 0.0204. The highest BCUT2D eigenvalue weighted by atomic mass is 16.2. The normalized spacial score (nSPS) is 10.9. The van der Waals surface area contributed by atoms with Gasteiger partial charge in [-0.2, -0.15) is 0 Å². The number of aromatic nitrogens is 1. The highest BCUT2D eigenvalue weighted by Gasteiger charge is 2.10. The monoisotopic (exact) mass is 362 g/mol. The summed E-state index contributed by atoms with van der Waals surface area (Å²) in [6.07, 6.45) is 3.42. The van der Waals surface area contributed by atoms with E-state index in [9.17, 15) is 9.59 Å². The van der Waals surface area contributed by atoms with Crippen molar-refractivity contribution in [1.82, 2.24) is 9.88 Å². The van der Waals surface area contributed by atoms with Crippen molar-refractivity contribution in [2.24, 2.45) is 0 Å². The lowest BCUT2D eigenvalue weighted by atomic mass is 10.0. The number of rotatable bonds is 8. The standard InChI is InChI=1S/C23H26N2O2/c1-17-8-9-20(16-18(17)2)22(26)10-11-23(27)24-13-5-14-25-15-12-19-6-3-4-7-21(19)25/h3-4,6-9,12,15-16H,5,10-11,13-14H2,1-2H3,(H,24,27). The lowest BCUT2D eigenvalue weighted by Crippen LogP contribution is -2.25. The second kappa shape index (κ2) is 8.67. The average molecular weight is 362 g/mol. The average Bonchev–Trinajstić information content (AvgIpc) is 3.08. The van der Waals surface area contributed by atoms with Gasteiger partial charge in [0.2, 0.25) is 5.91 Å². The molecular weight excluding hydrogens is 336 g/mol. The number of hydrogen-bond donors (Lipinski definition) is 1. The number of Topliss-reactive ketones (excluding diaryl/α,β-unsaturated/α-hetero) is 1. The molecule has 3 rings (SSSR count). The summed E-state index contributed by atoms with van der Waals surface area (Å²) in [6.45, 7) is 5.49. The number of fused-ring (bicyclic) bond motifs is 1. The molecule has 140 valence electrons. The Hall–Kier alpha value is -2.88. The van der Waals surface area contributed by atoms with E-state index in [0.29, 0.717) is 12.1 Å². The quantitative estimate of drug-likeness (QED) is 0.476. The van der Waals surface area contributed by atoms with Crippen LogP contribution in [0.2, 0.25) is 0 Å². The molecule has 0 aliphatic carbocycles. The van der Waals surface area contributed by atoms with Crippen LogP contribution in [0.25, 0.3) is 10.9 Å². The molecule has 4 nitrogen and oxygen atoms in total. The lowest BCUT2D eigenvalue weighted by molar-refractivity contribution is -0.121. The molecule has 0 aliphatic heterocycles. The molecule has 1 aromatic heterocycles. The first-order valence-electron chi connectivity index (χ1n) is 9.45. The lowest BCUT2D eigenvalue weighted by Gasteiger charge is -2.08. The van der Waals surface area contributed by atoms with Crippen molar-refractivity contribution >= 4 is 22.6 Å². The topological polar surface area (TPSA) is 51.1 Å². The maximum Gasteiger partial charge on any atom is 0.220 e. The van der Waals surface area contributed by atoms with Crippen molar-refractivity contribution in [2.45, 2.75) is 39.7 Å². The number of amides is 1. The van der Waals surface area contributed by atoms with Gasteiger partial charge in [0.05, 0.1) is 0 Å². The van der Waals surface area contributed by atoms with Gasteiger partial charge in [-0.15, -0.1) is 0 Å². The van der Waals surface area contributed by atoms with Crippen LogP contribution in [0, 0.1) is 13.8 Å². The number of aryl methyl sites for hydroxylation is 3. The molecule has 27 heavy (non-hydrogen) atoms. The van der Waals surface area contributed by atoms with Gasteiger partial charge in [0.25, 0.3) is 0 Å². The summed E-state index contributed by atoms with van der Waals surface area (Å²) in [7, 11) is 0. The summed E-state index contributed by atoms with van der Waals surface area (Å²) in [5.41, 5.74) is 4.16. The Balaban J connectivity index is 1.39. The van der Waals surface area contributed by atoms with E-state index in [1.54, 1.807) is 0 Å². The highest BCUT2D eigenvalue weighted by molar-refractivity contribution is 5.98. The summed E-state index contributed by atoms with van der Waals surface area (Å²) in [6, 6.07) is 16.1. The van der Waals surface area contributed by atoms with E-state index >= 15 is 0 Å². The maximum atomic E-state index is 12.2. The van der Waals surface area contributed by atoms with Gasteiger partial charge in [-0.1, -0.05) is 30.3 Å². The molecule has 0 saturated carbocycles. The van der Waals surface area contributed by atoms with Gasteiger partial charge in [0, 0.05) is 43.2 Å². The van der Waals surface area contributed by atoms with Gasteiger partial charge >= 0.3 is 0 Å². The van der Waals surface area contributed by atoms with Gasteiger partial charge in [0.1, 0.15) is 0 Å². The van der Waals surface area contributed by atoms with E-state index in [4.69, 9.17) is 0 Å². The molecule has 0 atom stereocenters. The largest absolute Gasteiger partial charge is 0.356 e. The van der Waals surface area contributed by atoms with E-state index in [0.717, 1.165) is 18.5 Å². The fraction of sp³-hybridized carbons (Fsp3) is 0.304. The van der Waals surface area contributed by atoms with Crippen LogP contribution >= 0.6 is 0 Å². The third-order valence-corrected chi connectivity index (χ3v) is 4.99. The van der Waals surface area contributed by atoms with E-state index < -0.39 is 0 Å². The zero-order valence-electron chi connectivity index (χ0n) is 16.0. The summed E-state index contributed by atoms with van der Waals surface area (Å²) in [5, 5.41) is 4.14. The number of nitrogens with zero attached hydrogens (tertiary/aromatic N) is 1. The molecule has 1 N–H and O–H groups in total. The van der Waals surface area contributed by atoms with Crippen LogP contribution in [0.1, 0.15) is 40.7 Å². The number of carbonyl (C=O) groups excluding carboxylic acids is 2. The Morgan fingerprint density at radius 2 is 1.78 bits per heavy atom. The van der Waals surface area contributed by atoms with Gasteiger partial charge in [-0.3, -0.25) is 9.59 Å². The minimum Gasteiger partial charge on any atom is -0.356 e. The van der Waals surface area contributed by atoms with Crippen molar-refractivity contribution in [2.75, 3.05) is 6.54 Å². The van der Waals surface area contributed by atoms with Crippen molar-refractivity contribution in [3.8, 4) is 0 Å². The van der Waals surface area contributed by atoms with Crippen LogP contribution in [0.15, 0.2) is 54.7 Å². The molecule has 0 fully saturated rings. The molecule has 0 radical (unpaired) electrons. The van der Waals surface area contributed by atoms with E-state index in [1.807, 2.05) is 44.2 Å². The van der Waals surface area contributed by atoms with Crippen molar-refractivity contribution in [3.63, 3.8) is 0 Å². The van der Waals surface area contributed by atoms with Crippen LogP contribution in [0.3, 0.4) is 0 Å². The Bertz CT molecular complexity index is 956. The molecule has 3 aromatic rings. The molecule has 0 spiro atoms. The Labute approximate surface area is 160 Å². The first-order valence-corrected chi connectivity index (χ1v) is 9.45. The number of benzene rings is 2. The highest BCUT2D eigenvalue weighted by Crippen LogP contribution is 2.15. The third kappa shape index (κ3) is 4.85. The predicted molar refractivity (Wildman–Crippen MR) is 109 cm³/mol. The van der Waals surface area contributed by atoms with Crippen molar-refractivity contribution < 1.29 is 9.59 Å². The molecule has 0 aliphatic rings. The Morgan fingerprint density at radius 1 is 0.963 bits per heavy atom. The molecule has 4 heteroatoms. The molecule has 0 bridgehead atoms.